The topological polar surface area (TPSA) is 211 Å². The van der Waals surface area contributed by atoms with Crippen molar-refractivity contribution in [1.29, 1.82) is 0 Å². The molecule has 0 aliphatic rings. The van der Waals surface area contributed by atoms with Crippen LogP contribution in [0.4, 0.5) is 0 Å². The summed E-state index contributed by atoms with van der Waals surface area (Å²) in [6, 6.07) is -0.770. The Bertz CT molecular complexity index is 832. The number of carbonyl (C=O) groups excluding carboxylic acids is 6. The van der Waals surface area contributed by atoms with Gasteiger partial charge in [-0.1, -0.05) is 6.92 Å². The number of esters is 1. The molecule has 0 radical (unpaired) electrons. The number of rotatable bonds is 27. The first kappa shape index (κ1) is 39.2. The minimum Gasteiger partial charge on any atom is -0.465 e. The predicted molar refractivity (Wildman–Crippen MR) is 153 cm³/mol. The summed E-state index contributed by atoms with van der Waals surface area (Å²) in [7, 11) is 0. The van der Waals surface area contributed by atoms with E-state index in [4.69, 9.17) is 29.4 Å². The van der Waals surface area contributed by atoms with Gasteiger partial charge in [-0.15, -0.1) is 0 Å². The SMILES string of the molecule is CC(=O)OCCSC[C@H](C)C(=O)NCC(=O)N[C@H](C)C(=O)NCCCOCCOCCOCCC(=O)COCC(N)=O. The van der Waals surface area contributed by atoms with E-state index in [9.17, 15) is 28.8 Å². The molecule has 0 aliphatic carbocycles. The number of nitrogens with one attached hydrogen (secondary N) is 3. The van der Waals surface area contributed by atoms with Gasteiger partial charge in [0.15, 0.2) is 5.78 Å². The number of hydrogen-bond acceptors (Lipinski definition) is 12. The fraction of sp³-hybridized carbons (Fsp3) is 0.769. The quantitative estimate of drug-likeness (QED) is 0.0613. The smallest absolute Gasteiger partial charge is 0.302 e. The van der Waals surface area contributed by atoms with Crippen molar-refractivity contribution in [2.24, 2.45) is 11.7 Å². The van der Waals surface area contributed by atoms with Gasteiger partial charge in [-0.2, -0.15) is 11.8 Å². The average molecular weight is 623 g/mol. The number of ketones is 1. The van der Waals surface area contributed by atoms with Crippen LogP contribution in [0.25, 0.3) is 0 Å². The number of hydrogen-bond donors (Lipinski definition) is 4. The maximum atomic E-state index is 12.2. The van der Waals surface area contributed by atoms with Crippen molar-refractivity contribution >= 4 is 47.1 Å². The fourth-order valence-electron chi connectivity index (χ4n) is 2.88. The van der Waals surface area contributed by atoms with Crippen LogP contribution in [0.3, 0.4) is 0 Å². The van der Waals surface area contributed by atoms with E-state index in [0.29, 0.717) is 57.5 Å². The Balaban J connectivity index is 3.66. The molecule has 16 heteroatoms. The van der Waals surface area contributed by atoms with Crippen molar-refractivity contribution in [1.82, 2.24) is 16.0 Å². The van der Waals surface area contributed by atoms with E-state index in [1.165, 1.54) is 18.7 Å². The van der Waals surface area contributed by atoms with E-state index >= 15 is 0 Å². The first-order valence-electron chi connectivity index (χ1n) is 13.7. The fourth-order valence-corrected chi connectivity index (χ4v) is 3.76. The molecule has 0 aromatic rings. The molecule has 0 saturated carbocycles. The van der Waals surface area contributed by atoms with Crippen LogP contribution in [0.15, 0.2) is 0 Å². The Kier molecular flexibility index (Phi) is 24.2. The van der Waals surface area contributed by atoms with Crippen LogP contribution in [-0.4, -0.2) is 125 Å². The van der Waals surface area contributed by atoms with Crippen LogP contribution in [0.1, 0.15) is 33.6 Å². The van der Waals surface area contributed by atoms with Gasteiger partial charge >= 0.3 is 5.97 Å². The van der Waals surface area contributed by atoms with E-state index in [1.54, 1.807) is 13.8 Å². The molecule has 0 unspecified atom stereocenters. The number of primary amides is 1. The zero-order valence-electron chi connectivity index (χ0n) is 24.7. The third kappa shape index (κ3) is 25.0. The van der Waals surface area contributed by atoms with E-state index in [1.807, 2.05) is 0 Å². The second-order valence-electron chi connectivity index (χ2n) is 9.05. The minimum atomic E-state index is -0.770. The van der Waals surface area contributed by atoms with E-state index in [2.05, 4.69) is 16.0 Å². The molecule has 2 atom stereocenters. The second kappa shape index (κ2) is 25.9. The van der Waals surface area contributed by atoms with E-state index in [0.717, 1.165) is 0 Å². The normalized spacial score (nSPS) is 12.2. The Hall–Kier alpha value is -2.79. The number of thioether (sulfide) groups is 1. The van der Waals surface area contributed by atoms with Gasteiger partial charge in [-0.05, 0) is 13.3 Å². The number of amides is 4. The summed E-state index contributed by atoms with van der Waals surface area (Å²) in [4.78, 5) is 69.1. The van der Waals surface area contributed by atoms with Gasteiger partial charge < -0.3 is 45.4 Å². The van der Waals surface area contributed by atoms with Gasteiger partial charge in [0.25, 0.3) is 0 Å². The molecule has 0 heterocycles. The van der Waals surface area contributed by atoms with Crippen LogP contribution in [0.2, 0.25) is 0 Å². The molecule has 0 saturated heterocycles. The zero-order chi connectivity index (χ0) is 31.6. The van der Waals surface area contributed by atoms with Crippen LogP contribution in [-0.2, 0) is 52.5 Å². The molecule has 42 heavy (non-hydrogen) atoms. The van der Waals surface area contributed by atoms with E-state index in [-0.39, 0.29) is 68.9 Å². The van der Waals surface area contributed by atoms with Crippen molar-refractivity contribution in [3.63, 3.8) is 0 Å². The molecule has 15 nitrogen and oxygen atoms in total. The lowest BCUT2D eigenvalue weighted by Crippen LogP contribution is -2.48. The lowest BCUT2D eigenvalue weighted by Gasteiger charge is -2.15. The largest absolute Gasteiger partial charge is 0.465 e. The number of nitrogens with two attached hydrogens (primary N) is 1. The van der Waals surface area contributed by atoms with Crippen molar-refractivity contribution < 1.29 is 52.5 Å². The maximum absolute atomic E-state index is 12.2. The summed E-state index contributed by atoms with van der Waals surface area (Å²) in [5.41, 5.74) is 4.90. The van der Waals surface area contributed by atoms with Gasteiger partial charge in [-0.25, -0.2) is 0 Å². The van der Waals surface area contributed by atoms with Crippen LogP contribution in [0, 0.1) is 5.92 Å². The molecular formula is C26H46N4O11S. The van der Waals surface area contributed by atoms with Gasteiger partial charge in [0.05, 0.1) is 39.6 Å². The Morgan fingerprint density at radius 3 is 2.07 bits per heavy atom. The van der Waals surface area contributed by atoms with Crippen LogP contribution < -0.4 is 21.7 Å². The van der Waals surface area contributed by atoms with Crippen LogP contribution in [0.5, 0.6) is 0 Å². The average Bonchev–Trinajstić information content (AvgIpc) is 2.93. The monoisotopic (exact) mass is 622 g/mol. The summed E-state index contributed by atoms with van der Waals surface area (Å²) in [6.07, 6.45) is 0.739. The zero-order valence-corrected chi connectivity index (χ0v) is 25.6. The Morgan fingerprint density at radius 1 is 0.786 bits per heavy atom. The molecule has 0 aliphatic heterocycles. The standard InChI is InChI=1S/C26H46N4O11S/c1-19(18-42-14-13-41-21(3)31)25(35)29-15-24(34)30-20(2)26(36)28-6-4-7-37-9-11-39-12-10-38-8-5-22(32)16-40-17-23(27)33/h19-20H,4-18H2,1-3H3,(H2,27,33)(H,28,36)(H,29,35)(H,30,34)/t19-,20+/m0/s1. The highest BCUT2D eigenvalue weighted by molar-refractivity contribution is 7.99. The minimum absolute atomic E-state index is 0.170. The lowest BCUT2D eigenvalue weighted by atomic mass is 10.2. The Morgan fingerprint density at radius 2 is 1.43 bits per heavy atom. The third-order valence-electron chi connectivity index (χ3n) is 5.08. The summed E-state index contributed by atoms with van der Waals surface area (Å²) in [5.74, 6) is -1.51. The van der Waals surface area contributed by atoms with Crippen molar-refractivity contribution in [2.75, 3.05) is 84.1 Å². The first-order valence-corrected chi connectivity index (χ1v) is 14.8. The van der Waals surface area contributed by atoms with Gasteiger partial charge in [0.1, 0.15) is 25.9 Å². The first-order chi connectivity index (χ1) is 20.0. The molecular weight excluding hydrogens is 576 g/mol. The highest BCUT2D eigenvalue weighted by atomic mass is 32.2. The van der Waals surface area contributed by atoms with Crippen molar-refractivity contribution in [3.05, 3.63) is 0 Å². The van der Waals surface area contributed by atoms with Crippen LogP contribution >= 0.6 is 11.8 Å². The Labute approximate surface area is 251 Å². The number of carbonyl (C=O) groups is 6. The molecule has 242 valence electrons. The predicted octanol–water partition coefficient (Wildman–Crippen LogP) is -1.44. The lowest BCUT2D eigenvalue weighted by molar-refractivity contribution is -0.140. The van der Waals surface area contributed by atoms with Crippen molar-refractivity contribution in [2.45, 2.75) is 39.7 Å². The molecule has 0 rings (SSSR count). The van der Waals surface area contributed by atoms with Crippen molar-refractivity contribution in [3.8, 4) is 0 Å². The van der Waals surface area contributed by atoms with Gasteiger partial charge in [0.2, 0.25) is 23.6 Å². The number of ether oxygens (including phenoxy) is 5. The molecule has 0 aromatic heterocycles. The molecule has 0 spiro atoms. The summed E-state index contributed by atoms with van der Waals surface area (Å²) < 4.78 is 25.7. The van der Waals surface area contributed by atoms with Gasteiger partial charge in [0, 0.05) is 43.9 Å². The molecule has 0 aromatic carbocycles. The summed E-state index contributed by atoms with van der Waals surface area (Å²) in [5, 5.41) is 7.80. The van der Waals surface area contributed by atoms with E-state index < -0.39 is 17.9 Å². The molecule has 5 N–H and O–H groups in total. The number of Topliss-reactive ketones (excluding diaryl/α,β-unsaturated/α-hetero) is 1. The maximum Gasteiger partial charge on any atom is 0.302 e. The summed E-state index contributed by atoms with van der Waals surface area (Å²) >= 11 is 1.47. The molecule has 0 bridgehead atoms. The summed E-state index contributed by atoms with van der Waals surface area (Å²) in [6.45, 7) is 6.59. The second-order valence-corrected chi connectivity index (χ2v) is 10.2. The third-order valence-corrected chi connectivity index (χ3v) is 6.27. The highest BCUT2D eigenvalue weighted by Gasteiger charge is 2.17. The highest BCUT2D eigenvalue weighted by Crippen LogP contribution is 2.08. The molecule has 4 amide bonds. The van der Waals surface area contributed by atoms with Gasteiger partial charge in [-0.3, -0.25) is 28.8 Å². The molecule has 0 fully saturated rings.